The SMILES string of the molecule is CN(Cc1ccc(N2CCN(Cc3cccc(Br)c3)CC2)cc1)CC(O)(Cn1cnnn1)c1ccc(F)cc1F. The summed E-state index contributed by atoms with van der Waals surface area (Å²) in [5.41, 5.74) is 1.85. The number of tetrazole rings is 1. The minimum Gasteiger partial charge on any atom is -0.382 e. The summed E-state index contributed by atoms with van der Waals surface area (Å²) in [6, 6.07) is 20.1. The van der Waals surface area contributed by atoms with Crippen LogP contribution in [-0.2, 0) is 25.2 Å². The van der Waals surface area contributed by atoms with Crippen LogP contribution in [0.15, 0.2) is 77.5 Å². The highest BCUT2D eigenvalue weighted by Gasteiger charge is 2.35. The van der Waals surface area contributed by atoms with Gasteiger partial charge in [-0.3, -0.25) is 9.80 Å². The molecule has 1 saturated heterocycles. The Morgan fingerprint density at radius 2 is 1.75 bits per heavy atom. The van der Waals surface area contributed by atoms with Crippen molar-refractivity contribution in [3.8, 4) is 0 Å². The monoisotopic (exact) mass is 611 g/mol. The molecule has 4 aromatic rings. The molecule has 3 aromatic carbocycles. The van der Waals surface area contributed by atoms with Gasteiger partial charge >= 0.3 is 0 Å². The number of anilines is 1. The summed E-state index contributed by atoms with van der Waals surface area (Å²) in [5.74, 6) is -1.52. The van der Waals surface area contributed by atoms with Gasteiger partial charge in [0.2, 0.25) is 0 Å². The van der Waals surface area contributed by atoms with Crippen LogP contribution in [0.25, 0.3) is 0 Å². The van der Waals surface area contributed by atoms with Gasteiger partial charge in [0.25, 0.3) is 0 Å². The van der Waals surface area contributed by atoms with Gasteiger partial charge in [0.15, 0.2) is 0 Å². The summed E-state index contributed by atoms with van der Waals surface area (Å²) in [4.78, 5) is 6.78. The molecular weight excluding hydrogens is 580 g/mol. The van der Waals surface area contributed by atoms with Crippen LogP contribution >= 0.6 is 15.9 Å². The summed E-state index contributed by atoms with van der Waals surface area (Å²) in [6.07, 6.45) is 1.35. The average Bonchev–Trinajstić information content (AvgIpc) is 3.42. The van der Waals surface area contributed by atoms with Crippen molar-refractivity contribution in [1.82, 2.24) is 30.0 Å². The molecular formula is C29H32BrF2N7O. The molecule has 11 heteroatoms. The lowest BCUT2D eigenvalue weighted by Gasteiger charge is -2.36. The maximum absolute atomic E-state index is 14.7. The van der Waals surface area contributed by atoms with E-state index in [4.69, 9.17) is 0 Å². The summed E-state index contributed by atoms with van der Waals surface area (Å²) >= 11 is 3.55. The van der Waals surface area contributed by atoms with Gasteiger partial charge in [-0.25, -0.2) is 13.5 Å². The van der Waals surface area contributed by atoms with Crippen molar-refractivity contribution in [1.29, 1.82) is 0 Å². The van der Waals surface area contributed by atoms with Crippen molar-refractivity contribution in [2.75, 3.05) is 44.7 Å². The fraction of sp³-hybridized carbons (Fsp3) is 0.345. The molecule has 1 N–H and O–H groups in total. The fourth-order valence-electron chi connectivity index (χ4n) is 5.29. The molecule has 1 unspecified atom stereocenters. The van der Waals surface area contributed by atoms with Gasteiger partial charge in [-0.1, -0.05) is 46.3 Å². The van der Waals surface area contributed by atoms with Gasteiger partial charge in [-0.05, 0) is 58.9 Å². The van der Waals surface area contributed by atoms with E-state index < -0.39 is 17.2 Å². The molecule has 0 aliphatic carbocycles. The molecule has 210 valence electrons. The number of hydrogen-bond donors (Lipinski definition) is 1. The quantitative estimate of drug-likeness (QED) is 0.290. The molecule has 1 aromatic heterocycles. The Balaban J connectivity index is 1.19. The molecule has 2 heterocycles. The topological polar surface area (TPSA) is 73.6 Å². The largest absolute Gasteiger partial charge is 0.382 e. The number of likely N-dealkylation sites (N-methyl/N-ethyl adjacent to an activating group) is 1. The zero-order chi connectivity index (χ0) is 28.1. The molecule has 1 aliphatic rings. The second-order valence-electron chi connectivity index (χ2n) is 10.4. The molecule has 0 saturated carbocycles. The van der Waals surface area contributed by atoms with Crippen molar-refractivity contribution in [2.45, 2.75) is 25.2 Å². The zero-order valence-electron chi connectivity index (χ0n) is 22.3. The summed E-state index contributed by atoms with van der Waals surface area (Å²) in [6.45, 7) is 5.38. The third-order valence-corrected chi connectivity index (χ3v) is 7.69. The van der Waals surface area contributed by atoms with E-state index in [1.54, 1.807) is 0 Å². The van der Waals surface area contributed by atoms with Gasteiger partial charge in [-0.15, -0.1) is 5.10 Å². The highest BCUT2D eigenvalue weighted by atomic mass is 79.9. The Morgan fingerprint density at radius 3 is 2.42 bits per heavy atom. The molecule has 8 nitrogen and oxygen atoms in total. The van der Waals surface area contributed by atoms with Gasteiger partial charge in [0.1, 0.15) is 23.6 Å². The molecule has 5 rings (SSSR count). The number of halogens is 3. The number of benzene rings is 3. The third kappa shape index (κ3) is 7.08. The highest BCUT2D eigenvalue weighted by molar-refractivity contribution is 9.10. The average molecular weight is 613 g/mol. The predicted molar refractivity (Wildman–Crippen MR) is 152 cm³/mol. The first-order chi connectivity index (χ1) is 19.3. The molecule has 0 spiro atoms. The van der Waals surface area contributed by atoms with E-state index in [9.17, 15) is 13.9 Å². The van der Waals surface area contributed by atoms with Crippen LogP contribution in [0.4, 0.5) is 14.5 Å². The molecule has 1 fully saturated rings. The first-order valence-corrected chi connectivity index (χ1v) is 13.9. The van der Waals surface area contributed by atoms with Crippen molar-refractivity contribution < 1.29 is 13.9 Å². The van der Waals surface area contributed by atoms with Crippen LogP contribution < -0.4 is 4.90 Å². The Morgan fingerprint density at radius 1 is 0.975 bits per heavy atom. The maximum Gasteiger partial charge on any atom is 0.138 e. The minimum atomic E-state index is -1.68. The van der Waals surface area contributed by atoms with E-state index in [-0.39, 0.29) is 18.7 Å². The van der Waals surface area contributed by atoms with Crippen LogP contribution in [-0.4, -0.2) is 74.9 Å². The second kappa shape index (κ2) is 12.5. The number of piperazine rings is 1. The van der Waals surface area contributed by atoms with Crippen molar-refractivity contribution in [2.24, 2.45) is 0 Å². The summed E-state index contributed by atoms with van der Waals surface area (Å²) in [7, 11) is 1.85. The Labute approximate surface area is 241 Å². The lowest BCUT2D eigenvalue weighted by Crippen LogP contribution is -2.46. The van der Waals surface area contributed by atoms with Crippen LogP contribution in [0.1, 0.15) is 16.7 Å². The van der Waals surface area contributed by atoms with Crippen LogP contribution in [0.3, 0.4) is 0 Å². The second-order valence-corrected chi connectivity index (χ2v) is 11.3. The normalized spacial score (nSPS) is 15.9. The lowest BCUT2D eigenvalue weighted by molar-refractivity contribution is -0.0178. The van der Waals surface area contributed by atoms with E-state index in [1.807, 2.05) is 18.0 Å². The number of rotatable bonds is 10. The van der Waals surface area contributed by atoms with Crippen molar-refractivity contribution in [3.63, 3.8) is 0 Å². The van der Waals surface area contributed by atoms with E-state index in [1.165, 1.54) is 28.3 Å². The van der Waals surface area contributed by atoms with Crippen molar-refractivity contribution >= 4 is 21.6 Å². The van der Waals surface area contributed by atoms with Crippen LogP contribution in [0.5, 0.6) is 0 Å². The van der Waals surface area contributed by atoms with E-state index in [0.29, 0.717) is 6.54 Å². The van der Waals surface area contributed by atoms with E-state index in [0.717, 1.165) is 54.9 Å². The molecule has 0 amide bonds. The molecule has 1 aliphatic heterocycles. The molecule has 0 bridgehead atoms. The molecule has 40 heavy (non-hydrogen) atoms. The molecule has 0 radical (unpaired) electrons. The zero-order valence-corrected chi connectivity index (χ0v) is 23.9. The van der Waals surface area contributed by atoms with Gasteiger partial charge in [0, 0.05) is 67.6 Å². The number of aromatic nitrogens is 4. The smallest absolute Gasteiger partial charge is 0.138 e. The highest BCUT2D eigenvalue weighted by Crippen LogP contribution is 2.28. The predicted octanol–water partition coefficient (Wildman–Crippen LogP) is 4.06. The Hall–Kier alpha value is -3.25. The minimum absolute atomic E-state index is 0.00867. The fourth-order valence-corrected chi connectivity index (χ4v) is 5.74. The lowest BCUT2D eigenvalue weighted by atomic mass is 9.92. The van der Waals surface area contributed by atoms with E-state index >= 15 is 0 Å². The number of hydrogen-bond acceptors (Lipinski definition) is 7. The maximum atomic E-state index is 14.7. The Kier molecular flexibility index (Phi) is 8.84. The third-order valence-electron chi connectivity index (χ3n) is 7.20. The van der Waals surface area contributed by atoms with Crippen LogP contribution in [0.2, 0.25) is 0 Å². The molecule has 1 atom stereocenters. The number of aliphatic hydroxyl groups is 1. The van der Waals surface area contributed by atoms with Crippen molar-refractivity contribution in [3.05, 3.63) is 106 Å². The van der Waals surface area contributed by atoms with Gasteiger partial charge in [0.05, 0.1) is 6.54 Å². The number of nitrogens with zero attached hydrogens (tertiary/aromatic N) is 7. The van der Waals surface area contributed by atoms with E-state index in [2.05, 4.69) is 83.7 Å². The Bertz CT molecular complexity index is 1400. The summed E-state index contributed by atoms with van der Waals surface area (Å²) in [5, 5.41) is 22.6. The summed E-state index contributed by atoms with van der Waals surface area (Å²) < 4.78 is 30.8. The van der Waals surface area contributed by atoms with Crippen LogP contribution in [0, 0.1) is 11.6 Å². The first-order valence-electron chi connectivity index (χ1n) is 13.2. The van der Waals surface area contributed by atoms with Gasteiger partial charge < -0.3 is 10.0 Å². The standard InChI is InChI=1S/C29H32BrF2N7O/c1-36(19-29(40,20-39-21-33-34-35-39)27-10-7-25(31)16-28(27)32)17-22-5-8-26(9-6-22)38-13-11-37(12-14-38)18-23-3-2-4-24(30)15-23/h2-10,15-16,21,40H,11-14,17-20H2,1H3. The van der Waals surface area contributed by atoms with Gasteiger partial charge in [-0.2, -0.15) is 0 Å². The first kappa shape index (κ1) is 28.3.